The fourth-order valence-electron chi connectivity index (χ4n) is 2.49. The molecule has 0 aliphatic carbocycles. The van der Waals surface area contributed by atoms with Gasteiger partial charge in [-0.3, -0.25) is 4.79 Å². The molecule has 0 atom stereocenters. The Kier molecular flexibility index (Phi) is 4.48. The maximum atomic E-state index is 12.7. The number of hydrogen-bond acceptors (Lipinski definition) is 1. The number of aromatic amines is 1. The molecule has 20 heavy (non-hydrogen) atoms. The van der Waals surface area contributed by atoms with Crippen molar-refractivity contribution in [1.82, 2.24) is 9.88 Å². The summed E-state index contributed by atoms with van der Waals surface area (Å²) in [4.78, 5) is 17.8. The number of nitrogens with one attached hydrogen (secondary N) is 1. The molecule has 0 radical (unpaired) electrons. The average molecular weight is 272 g/mol. The van der Waals surface area contributed by atoms with Crippen molar-refractivity contribution in [3.63, 3.8) is 0 Å². The SMILES string of the molecule is CC(C)CN(CC(C)C)C(=O)c1ccc2cc[nH]c2c1. The molecule has 1 aromatic heterocycles. The zero-order valence-electron chi connectivity index (χ0n) is 12.8. The van der Waals surface area contributed by atoms with E-state index in [9.17, 15) is 4.79 Å². The Morgan fingerprint density at radius 1 is 1.10 bits per heavy atom. The summed E-state index contributed by atoms with van der Waals surface area (Å²) in [5, 5.41) is 1.14. The van der Waals surface area contributed by atoms with E-state index in [0.29, 0.717) is 11.8 Å². The van der Waals surface area contributed by atoms with Crippen LogP contribution in [0.3, 0.4) is 0 Å². The van der Waals surface area contributed by atoms with Gasteiger partial charge >= 0.3 is 0 Å². The van der Waals surface area contributed by atoms with Crippen molar-refractivity contribution < 1.29 is 4.79 Å². The average Bonchev–Trinajstić information content (AvgIpc) is 2.83. The fraction of sp³-hybridized carbons (Fsp3) is 0.471. The third-order valence-electron chi connectivity index (χ3n) is 3.26. The molecule has 2 rings (SSSR count). The van der Waals surface area contributed by atoms with Crippen LogP contribution in [-0.4, -0.2) is 28.9 Å². The minimum Gasteiger partial charge on any atom is -0.361 e. The number of carbonyl (C=O) groups is 1. The van der Waals surface area contributed by atoms with Crippen LogP contribution in [0.5, 0.6) is 0 Å². The first kappa shape index (κ1) is 14.6. The van der Waals surface area contributed by atoms with Crippen LogP contribution in [0, 0.1) is 11.8 Å². The molecule has 0 aliphatic heterocycles. The van der Waals surface area contributed by atoms with Gasteiger partial charge < -0.3 is 9.88 Å². The van der Waals surface area contributed by atoms with Crippen molar-refractivity contribution in [2.24, 2.45) is 11.8 Å². The zero-order chi connectivity index (χ0) is 14.7. The fourth-order valence-corrected chi connectivity index (χ4v) is 2.49. The summed E-state index contributed by atoms with van der Waals surface area (Å²) in [6.45, 7) is 10.2. The van der Waals surface area contributed by atoms with E-state index in [1.54, 1.807) is 0 Å². The lowest BCUT2D eigenvalue weighted by Crippen LogP contribution is -2.37. The van der Waals surface area contributed by atoms with Crippen LogP contribution < -0.4 is 0 Å². The number of aromatic nitrogens is 1. The minimum atomic E-state index is 0.129. The van der Waals surface area contributed by atoms with E-state index in [-0.39, 0.29) is 5.91 Å². The van der Waals surface area contributed by atoms with Crippen LogP contribution in [0.25, 0.3) is 10.9 Å². The molecule has 2 aromatic rings. The topological polar surface area (TPSA) is 36.1 Å². The van der Waals surface area contributed by atoms with Gasteiger partial charge in [0, 0.05) is 30.4 Å². The molecule has 0 saturated carbocycles. The van der Waals surface area contributed by atoms with Gasteiger partial charge in [-0.05, 0) is 35.4 Å². The van der Waals surface area contributed by atoms with Gasteiger partial charge in [0.15, 0.2) is 0 Å². The van der Waals surface area contributed by atoms with Crippen LogP contribution in [-0.2, 0) is 0 Å². The molecular weight excluding hydrogens is 248 g/mol. The van der Waals surface area contributed by atoms with E-state index < -0.39 is 0 Å². The maximum Gasteiger partial charge on any atom is 0.253 e. The predicted octanol–water partition coefficient (Wildman–Crippen LogP) is 3.92. The second-order valence-electron chi connectivity index (χ2n) is 6.28. The smallest absolute Gasteiger partial charge is 0.253 e. The summed E-state index contributed by atoms with van der Waals surface area (Å²) in [5.41, 5.74) is 1.78. The first-order valence-electron chi connectivity index (χ1n) is 7.33. The van der Waals surface area contributed by atoms with Gasteiger partial charge in [-0.15, -0.1) is 0 Å². The summed E-state index contributed by atoms with van der Waals surface area (Å²) in [6.07, 6.45) is 1.90. The normalized spacial score (nSPS) is 11.5. The Bertz CT molecular complexity index is 573. The number of carbonyl (C=O) groups excluding carboxylic acids is 1. The van der Waals surface area contributed by atoms with Crippen LogP contribution in [0.15, 0.2) is 30.5 Å². The Labute approximate surface area is 121 Å². The Balaban J connectivity index is 2.24. The predicted molar refractivity (Wildman–Crippen MR) is 83.9 cm³/mol. The summed E-state index contributed by atoms with van der Waals surface area (Å²) in [5.74, 6) is 1.09. The highest BCUT2D eigenvalue weighted by Crippen LogP contribution is 2.17. The molecule has 0 aliphatic rings. The van der Waals surface area contributed by atoms with Crippen LogP contribution >= 0.6 is 0 Å². The van der Waals surface area contributed by atoms with Crippen molar-refractivity contribution in [1.29, 1.82) is 0 Å². The van der Waals surface area contributed by atoms with Crippen molar-refractivity contribution in [3.05, 3.63) is 36.0 Å². The van der Waals surface area contributed by atoms with E-state index >= 15 is 0 Å². The third-order valence-corrected chi connectivity index (χ3v) is 3.26. The van der Waals surface area contributed by atoms with Gasteiger partial charge in [0.2, 0.25) is 0 Å². The van der Waals surface area contributed by atoms with Crippen LogP contribution in [0.4, 0.5) is 0 Å². The Hall–Kier alpha value is -1.77. The first-order chi connectivity index (χ1) is 9.47. The number of amides is 1. The number of nitrogens with zero attached hydrogens (tertiary/aromatic N) is 1. The zero-order valence-corrected chi connectivity index (χ0v) is 12.8. The molecule has 1 heterocycles. The van der Waals surface area contributed by atoms with E-state index in [1.165, 1.54) is 0 Å². The van der Waals surface area contributed by atoms with E-state index in [4.69, 9.17) is 0 Å². The molecular formula is C17H24N2O. The van der Waals surface area contributed by atoms with E-state index in [2.05, 4.69) is 32.7 Å². The molecule has 0 spiro atoms. The van der Waals surface area contributed by atoms with Gasteiger partial charge in [0.05, 0.1) is 0 Å². The number of H-pyrrole nitrogens is 1. The van der Waals surface area contributed by atoms with Crippen molar-refractivity contribution in [3.8, 4) is 0 Å². The summed E-state index contributed by atoms with van der Waals surface area (Å²) >= 11 is 0. The lowest BCUT2D eigenvalue weighted by Gasteiger charge is -2.26. The number of benzene rings is 1. The molecule has 3 heteroatoms. The van der Waals surface area contributed by atoms with Gasteiger partial charge in [-0.2, -0.15) is 0 Å². The highest BCUT2D eigenvalue weighted by Gasteiger charge is 2.18. The second-order valence-corrected chi connectivity index (χ2v) is 6.28. The molecule has 0 unspecified atom stereocenters. The molecule has 0 bridgehead atoms. The third kappa shape index (κ3) is 3.41. The maximum absolute atomic E-state index is 12.7. The Morgan fingerprint density at radius 3 is 2.35 bits per heavy atom. The lowest BCUT2D eigenvalue weighted by atomic mass is 10.1. The lowest BCUT2D eigenvalue weighted by molar-refractivity contribution is 0.0715. The van der Waals surface area contributed by atoms with E-state index in [1.807, 2.05) is 35.4 Å². The summed E-state index contributed by atoms with van der Waals surface area (Å²) in [6, 6.07) is 7.89. The monoisotopic (exact) mass is 272 g/mol. The van der Waals surface area contributed by atoms with Crippen LogP contribution in [0.1, 0.15) is 38.1 Å². The minimum absolute atomic E-state index is 0.129. The molecule has 1 amide bonds. The van der Waals surface area contributed by atoms with Gasteiger partial charge in [0.25, 0.3) is 5.91 Å². The van der Waals surface area contributed by atoms with Gasteiger partial charge in [-0.25, -0.2) is 0 Å². The Morgan fingerprint density at radius 2 is 1.75 bits per heavy atom. The number of rotatable bonds is 5. The quantitative estimate of drug-likeness (QED) is 0.879. The van der Waals surface area contributed by atoms with Gasteiger partial charge in [-0.1, -0.05) is 33.8 Å². The second kappa shape index (κ2) is 6.12. The molecule has 1 aromatic carbocycles. The number of hydrogen-bond donors (Lipinski definition) is 1. The van der Waals surface area contributed by atoms with Crippen molar-refractivity contribution in [2.45, 2.75) is 27.7 Å². The van der Waals surface area contributed by atoms with Gasteiger partial charge in [0.1, 0.15) is 0 Å². The van der Waals surface area contributed by atoms with Crippen LogP contribution in [0.2, 0.25) is 0 Å². The molecule has 108 valence electrons. The summed E-state index contributed by atoms with van der Waals surface area (Å²) < 4.78 is 0. The number of fused-ring (bicyclic) bond motifs is 1. The highest BCUT2D eigenvalue weighted by molar-refractivity contribution is 5.97. The molecule has 0 fully saturated rings. The largest absolute Gasteiger partial charge is 0.361 e. The summed E-state index contributed by atoms with van der Waals surface area (Å²) in [7, 11) is 0. The first-order valence-corrected chi connectivity index (χ1v) is 7.33. The molecule has 0 saturated heterocycles. The molecule has 3 nitrogen and oxygen atoms in total. The highest BCUT2D eigenvalue weighted by atomic mass is 16.2. The van der Waals surface area contributed by atoms with E-state index in [0.717, 1.165) is 29.6 Å². The standard InChI is InChI=1S/C17H24N2O/c1-12(2)10-19(11-13(3)4)17(20)15-6-5-14-7-8-18-16(14)9-15/h5-9,12-13,18H,10-11H2,1-4H3. The van der Waals surface area contributed by atoms with Crippen molar-refractivity contribution >= 4 is 16.8 Å². The molecule has 1 N–H and O–H groups in total. The van der Waals surface area contributed by atoms with Crippen molar-refractivity contribution in [2.75, 3.05) is 13.1 Å².